The van der Waals surface area contributed by atoms with Crippen LogP contribution in [0.1, 0.15) is 64.9 Å². The number of methoxy groups -OCH3 is 4. The number of rotatable bonds is 9. The first kappa shape index (κ1) is 46.0. The van der Waals surface area contributed by atoms with E-state index in [1.54, 1.807) is 14.2 Å². The maximum atomic E-state index is 15.7. The largest absolute Gasteiger partial charge is 0.497 e. The van der Waals surface area contributed by atoms with Crippen LogP contribution in [0.3, 0.4) is 0 Å². The molecule has 0 aromatic heterocycles. The summed E-state index contributed by atoms with van der Waals surface area (Å²) in [4.78, 5) is 50.2. The number of carbonyl (C=O) groups excluding carboxylic acids is 3. The summed E-state index contributed by atoms with van der Waals surface area (Å²) in [6.45, 7) is 8.65. The third-order valence-electron chi connectivity index (χ3n) is 17.6. The van der Waals surface area contributed by atoms with E-state index in [9.17, 15) is 19.8 Å². The van der Waals surface area contributed by atoms with Crippen molar-refractivity contribution < 1.29 is 48.3 Å². The average molecular weight is 915 g/mol. The fourth-order valence-electron chi connectivity index (χ4n) is 15.1. The van der Waals surface area contributed by atoms with Crippen molar-refractivity contribution in [1.29, 1.82) is 0 Å². The van der Waals surface area contributed by atoms with Crippen LogP contribution in [0.15, 0.2) is 83.5 Å². The lowest BCUT2D eigenvalue weighted by Crippen LogP contribution is -2.79. The standard InChI is InChI=1S/C53H65BN3O10/c1-9-49(61)27-32-28-52(47(59)65-7,43-36(17-21-56(29-32)30-49)37-24-34(15-16-40(37)54-43)33-13-11-14-35(23-33)63-5)39-25-38-41(26-42(39)64-6)55(4)45-51(38)19-22-57-20-12-18-50(10-2,44(51)57)46(67-31(3)58)53(45,62)48(60)66-8/h11-16,18,23-26,32,39,42,44-46,61-62H,9-10,17,19-22,27-30H2,1-8H3/t32-,39?,42?,44+,45-,46-,49+,50-,51-,52+,53+/m1/s1. The summed E-state index contributed by atoms with van der Waals surface area (Å²) in [6, 6.07) is 13.3. The van der Waals surface area contributed by atoms with Gasteiger partial charge in [0.1, 0.15) is 5.75 Å². The first-order valence-electron chi connectivity index (χ1n) is 24.1. The van der Waals surface area contributed by atoms with E-state index in [4.69, 9.17) is 23.7 Å². The molecule has 0 amide bonds. The summed E-state index contributed by atoms with van der Waals surface area (Å²) >= 11 is 0. The van der Waals surface area contributed by atoms with Crippen molar-refractivity contribution >= 4 is 36.2 Å². The molecule has 12 atom stereocenters. The predicted octanol–water partition coefficient (Wildman–Crippen LogP) is 4.48. The normalized spacial score (nSPS) is 38.1. The summed E-state index contributed by atoms with van der Waals surface area (Å²) < 4.78 is 30.0. The third-order valence-corrected chi connectivity index (χ3v) is 17.6. The van der Waals surface area contributed by atoms with Crippen LogP contribution < -0.4 is 10.2 Å². The molecule has 6 heterocycles. The first-order valence-corrected chi connectivity index (χ1v) is 24.1. The average Bonchev–Trinajstić information content (AvgIpc) is 4.00. The van der Waals surface area contributed by atoms with Gasteiger partial charge in [0.05, 0.1) is 44.5 Å². The number of fused-ring (bicyclic) bond motifs is 5. The molecule has 13 nitrogen and oxygen atoms in total. The van der Waals surface area contributed by atoms with E-state index in [-0.39, 0.29) is 17.9 Å². The summed E-state index contributed by atoms with van der Waals surface area (Å²) in [7, 11) is 10.2. The van der Waals surface area contributed by atoms with E-state index in [1.165, 1.54) is 21.1 Å². The van der Waals surface area contributed by atoms with Gasteiger partial charge in [-0.05, 0) is 103 Å². The Kier molecular flexibility index (Phi) is 11.3. The second kappa shape index (κ2) is 16.5. The van der Waals surface area contributed by atoms with Gasteiger partial charge in [0, 0.05) is 75.7 Å². The quantitative estimate of drug-likeness (QED) is 0.158. The number of nitrogens with zero attached hydrogens (tertiary/aromatic N) is 3. The van der Waals surface area contributed by atoms with Gasteiger partial charge >= 0.3 is 17.9 Å². The minimum absolute atomic E-state index is 0.0886. The van der Waals surface area contributed by atoms with Gasteiger partial charge in [0.15, 0.2) is 13.4 Å². The van der Waals surface area contributed by atoms with Crippen molar-refractivity contribution in [2.75, 3.05) is 68.2 Å². The Labute approximate surface area is 395 Å². The molecule has 6 aliphatic heterocycles. The minimum atomic E-state index is -2.30. The zero-order chi connectivity index (χ0) is 47.4. The van der Waals surface area contributed by atoms with Crippen LogP contribution >= 0.6 is 0 Å². The van der Waals surface area contributed by atoms with E-state index in [0.29, 0.717) is 71.2 Å². The molecule has 2 aromatic rings. The number of allylic oxidation sites excluding steroid dienone is 1. The highest BCUT2D eigenvalue weighted by Gasteiger charge is 2.81. The molecule has 4 fully saturated rings. The number of esters is 3. The molecular weight excluding hydrogens is 849 g/mol. The number of hydrogen-bond acceptors (Lipinski definition) is 13. The summed E-state index contributed by atoms with van der Waals surface area (Å²) in [5.74, 6) is -1.81. The highest BCUT2D eigenvalue weighted by atomic mass is 16.6. The van der Waals surface area contributed by atoms with Crippen molar-refractivity contribution in [1.82, 2.24) is 14.7 Å². The minimum Gasteiger partial charge on any atom is -0.497 e. The number of likely N-dealkylation sites (tertiary alicyclic amines) is 1. The van der Waals surface area contributed by atoms with Gasteiger partial charge < -0.3 is 38.8 Å². The van der Waals surface area contributed by atoms with Gasteiger partial charge in [-0.25, -0.2) is 4.79 Å². The predicted molar refractivity (Wildman–Crippen MR) is 253 cm³/mol. The molecule has 355 valence electrons. The molecule has 14 heteroatoms. The molecule has 2 N–H and O–H groups in total. The van der Waals surface area contributed by atoms with Gasteiger partial charge in [-0.3, -0.25) is 19.4 Å². The highest BCUT2D eigenvalue weighted by molar-refractivity contribution is 6.67. The van der Waals surface area contributed by atoms with Crippen molar-refractivity contribution in [3.8, 4) is 16.9 Å². The Hall–Kier alpha value is -4.73. The number of carbonyl (C=O) groups is 3. The number of aliphatic hydroxyl groups is 2. The Morgan fingerprint density at radius 3 is 2.39 bits per heavy atom. The molecule has 1 spiro atoms. The smallest absolute Gasteiger partial charge is 0.344 e. The molecule has 1 saturated carbocycles. The van der Waals surface area contributed by atoms with Crippen LogP contribution in [0, 0.1) is 28.1 Å². The Balaban J connectivity index is 1.23. The molecule has 3 unspecified atom stereocenters. The molecule has 3 saturated heterocycles. The van der Waals surface area contributed by atoms with Crippen LogP contribution in [0.25, 0.3) is 16.7 Å². The lowest BCUT2D eigenvalue weighted by molar-refractivity contribution is -0.243. The van der Waals surface area contributed by atoms with Gasteiger partial charge in [-0.1, -0.05) is 67.3 Å². The number of benzene rings is 2. The lowest BCUT2D eigenvalue weighted by Gasteiger charge is -2.63. The van der Waals surface area contributed by atoms with Gasteiger partial charge in [-0.2, -0.15) is 0 Å². The van der Waals surface area contributed by atoms with E-state index in [1.807, 2.05) is 44.0 Å². The van der Waals surface area contributed by atoms with Gasteiger partial charge in [0.25, 0.3) is 0 Å². The second-order valence-corrected chi connectivity index (χ2v) is 20.6. The monoisotopic (exact) mass is 914 g/mol. The maximum Gasteiger partial charge on any atom is 0.344 e. The van der Waals surface area contributed by atoms with Crippen LogP contribution in [0.2, 0.25) is 0 Å². The maximum absolute atomic E-state index is 15.7. The number of ether oxygens (including phenoxy) is 5. The van der Waals surface area contributed by atoms with Crippen molar-refractivity contribution in [2.45, 2.75) is 94.8 Å². The molecule has 10 rings (SSSR count). The number of piperidine rings is 1. The molecule has 2 aliphatic carbocycles. The Bertz CT molecular complexity index is 2520. The fraction of sp³-hybridized carbons (Fsp3) is 0.566. The number of likely N-dealkylation sites (N-methyl/N-ethyl adjacent to an activating group) is 1. The van der Waals surface area contributed by atoms with E-state index in [0.717, 1.165) is 50.2 Å². The molecule has 2 aromatic carbocycles. The molecule has 2 bridgehead atoms. The van der Waals surface area contributed by atoms with Gasteiger partial charge in [-0.15, -0.1) is 0 Å². The molecular formula is C53H65BN3O10. The molecule has 67 heavy (non-hydrogen) atoms. The van der Waals surface area contributed by atoms with Crippen molar-refractivity contribution in [3.63, 3.8) is 0 Å². The van der Waals surface area contributed by atoms with E-state index >= 15 is 4.79 Å². The zero-order valence-electron chi connectivity index (χ0n) is 40.2. The van der Waals surface area contributed by atoms with Crippen LogP contribution in [-0.2, 0) is 33.3 Å². The molecule has 1 radical (unpaired) electrons. The lowest BCUT2D eigenvalue weighted by atomic mass is 9.46. The van der Waals surface area contributed by atoms with Crippen LogP contribution in [0.5, 0.6) is 5.75 Å². The second-order valence-electron chi connectivity index (χ2n) is 20.6. The van der Waals surface area contributed by atoms with Crippen LogP contribution in [-0.4, -0.2) is 154 Å². The zero-order valence-corrected chi connectivity index (χ0v) is 40.2. The fourth-order valence-corrected chi connectivity index (χ4v) is 15.1. The summed E-state index contributed by atoms with van der Waals surface area (Å²) in [6.07, 6.45) is 9.69. The summed E-state index contributed by atoms with van der Waals surface area (Å²) in [5, 5.41) is 25.7. The number of hydrogen-bond donors (Lipinski definition) is 2. The van der Waals surface area contributed by atoms with E-state index in [2.05, 4.69) is 65.6 Å². The van der Waals surface area contributed by atoms with Gasteiger partial charge in [0.2, 0.25) is 5.60 Å². The first-order chi connectivity index (χ1) is 32.1. The Morgan fingerprint density at radius 1 is 0.910 bits per heavy atom. The molecule has 8 aliphatic rings. The van der Waals surface area contributed by atoms with Crippen molar-refractivity contribution in [2.24, 2.45) is 28.1 Å². The van der Waals surface area contributed by atoms with Crippen LogP contribution in [0.4, 0.5) is 0 Å². The van der Waals surface area contributed by atoms with Crippen molar-refractivity contribution in [3.05, 3.63) is 89.1 Å². The third kappa shape index (κ3) is 6.41. The SMILES string of the molecule is CC[C@]1(O)C[C@H]2CN(CCC3=C([B]c4ccc(-c5cccc(OC)c5)cc43)[C@@](C(=O)OC)(C3C=C4C(=CC3OC)N(C)[C@H]3[C@@](O)(C(=O)OC)[C@H](OC(C)=O)[C@]5(CC)C=CCN6CC[C@]43[C@@H]65)C2)C1. The Morgan fingerprint density at radius 2 is 1.69 bits per heavy atom. The van der Waals surface area contributed by atoms with E-state index < -0.39 is 63.6 Å². The summed E-state index contributed by atoms with van der Waals surface area (Å²) in [5.41, 5.74) is 1.34. The highest BCUT2D eigenvalue weighted by Crippen LogP contribution is 2.70. The topological polar surface area (TPSA) is 148 Å².